The summed E-state index contributed by atoms with van der Waals surface area (Å²) < 4.78 is 3.46. The van der Waals surface area contributed by atoms with Gasteiger partial charge in [0.05, 0.1) is 0 Å². The van der Waals surface area contributed by atoms with E-state index in [-0.39, 0.29) is 9.68 Å². The van der Waals surface area contributed by atoms with Crippen molar-refractivity contribution in [1.82, 2.24) is 0 Å². The highest BCUT2D eigenvalue weighted by Gasteiger charge is 1.88. The van der Waals surface area contributed by atoms with Crippen molar-refractivity contribution in [2.75, 3.05) is 0 Å². The van der Waals surface area contributed by atoms with Gasteiger partial charge < -0.3 is 0 Å². The molecule has 10 heavy (non-hydrogen) atoms. The lowest BCUT2D eigenvalue weighted by Gasteiger charge is -1.87. The van der Waals surface area contributed by atoms with Crippen LogP contribution in [-0.2, 0) is 4.79 Å². The fraction of sp³-hybridized carbons (Fsp3) is 0. The van der Waals surface area contributed by atoms with Crippen LogP contribution in [-0.4, -0.2) is 15.8 Å². The lowest BCUT2D eigenvalue weighted by atomic mass is 10.4. The normalized spacial score (nSPS) is 8.40. The molecular formula is C7H5NOSi. The van der Waals surface area contributed by atoms with Gasteiger partial charge in [0.15, 0.2) is 0 Å². The van der Waals surface area contributed by atoms with Crippen molar-refractivity contribution in [3.63, 3.8) is 0 Å². The molecule has 1 aromatic rings. The maximum atomic E-state index is 9.69. The molecule has 0 N–H and O–H groups in total. The minimum Gasteiger partial charge on any atom is -0.243 e. The quantitative estimate of drug-likeness (QED) is 0.335. The Morgan fingerprint density at radius 2 is 2.00 bits per heavy atom. The molecule has 2 radical (unpaired) electrons. The second-order valence-corrected chi connectivity index (χ2v) is 2.71. The summed E-state index contributed by atoms with van der Waals surface area (Å²) in [6.07, 6.45) is 1.50. The molecule has 0 amide bonds. The van der Waals surface area contributed by atoms with Crippen LogP contribution >= 0.6 is 0 Å². The Morgan fingerprint density at radius 3 is 2.60 bits per heavy atom. The molecule has 0 saturated heterocycles. The number of isocyanates is 1. The van der Waals surface area contributed by atoms with Crippen LogP contribution < -0.4 is 5.19 Å². The topological polar surface area (TPSA) is 29.4 Å². The van der Waals surface area contributed by atoms with Crippen molar-refractivity contribution in [3.8, 4) is 0 Å². The molecule has 3 heteroatoms. The van der Waals surface area contributed by atoms with Gasteiger partial charge in [0, 0.05) is 0 Å². The average Bonchev–Trinajstić information content (AvgIpc) is 2.03. The van der Waals surface area contributed by atoms with Crippen molar-refractivity contribution < 1.29 is 4.79 Å². The van der Waals surface area contributed by atoms with E-state index in [1.165, 1.54) is 6.08 Å². The largest absolute Gasteiger partial charge is 0.267 e. The number of hydrogen-bond donors (Lipinski definition) is 0. The fourth-order valence-electron chi connectivity index (χ4n) is 0.600. The highest BCUT2D eigenvalue weighted by Crippen LogP contribution is 1.80. The number of benzene rings is 1. The van der Waals surface area contributed by atoms with Gasteiger partial charge in [-0.25, -0.2) is 9.45 Å². The SMILES string of the molecule is O=C=N[Si]c1ccccc1. The number of carbonyl (C=O) groups excluding carboxylic acids is 1. The van der Waals surface area contributed by atoms with Crippen LogP contribution in [0.5, 0.6) is 0 Å². The summed E-state index contributed by atoms with van der Waals surface area (Å²) in [6.45, 7) is 0. The van der Waals surface area contributed by atoms with Gasteiger partial charge in [-0.1, -0.05) is 30.3 Å². The molecule has 0 spiro atoms. The Kier molecular flexibility index (Phi) is 2.61. The van der Waals surface area contributed by atoms with Gasteiger partial charge in [-0.15, -0.1) is 0 Å². The van der Waals surface area contributed by atoms with E-state index in [4.69, 9.17) is 0 Å². The van der Waals surface area contributed by atoms with Gasteiger partial charge >= 0.3 is 0 Å². The monoisotopic (exact) mass is 147 g/mol. The highest BCUT2D eigenvalue weighted by atomic mass is 28.2. The van der Waals surface area contributed by atoms with Crippen molar-refractivity contribution in [3.05, 3.63) is 30.3 Å². The molecule has 0 bridgehead atoms. The van der Waals surface area contributed by atoms with E-state index < -0.39 is 0 Å². The maximum absolute atomic E-state index is 9.69. The zero-order valence-corrected chi connectivity index (χ0v) is 6.24. The Hall–Kier alpha value is -1.18. The van der Waals surface area contributed by atoms with Gasteiger partial charge in [-0.05, 0) is 5.19 Å². The fourth-order valence-corrected chi connectivity index (χ4v) is 1.12. The molecule has 0 aromatic heterocycles. The summed E-state index contributed by atoms with van der Waals surface area (Å²) in [5, 5.41) is 1.06. The smallest absolute Gasteiger partial charge is 0.243 e. The Bertz CT molecular complexity index is 241. The Balaban J connectivity index is 2.67. The van der Waals surface area contributed by atoms with E-state index in [9.17, 15) is 4.79 Å². The summed E-state index contributed by atoms with van der Waals surface area (Å²) in [6, 6.07) is 9.63. The molecule has 2 nitrogen and oxygen atoms in total. The summed E-state index contributed by atoms with van der Waals surface area (Å²) in [5.41, 5.74) is 0. The maximum Gasteiger partial charge on any atom is 0.267 e. The van der Waals surface area contributed by atoms with Crippen LogP contribution in [0.3, 0.4) is 0 Å². The minimum atomic E-state index is 0.206. The number of hydrogen-bond acceptors (Lipinski definition) is 2. The molecule has 0 atom stereocenters. The van der Waals surface area contributed by atoms with Crippen LogP contribution in [0.15, 0.2) is 35.0 Å². The van der Waals surface area contributed by atoms with Gasteiger partial charge in [0.2, 0.25) is 6.08 Å². The zero-order chi connectivity index (χ0) is 7.23. The predicted octanol–water partition coefficient (Wildman–Crippen LogP) is 0.267. The third-order valence-electron chi connectivity index (χ3n) is 1.00. The molecule has 0 aliphatic heterocycles. The van der Waals surface area contributed by atoms with Crippen molar-refractivity contribution in [1.29, 1.82) is 0 Å². The highest BCUT2D eigenvalue weighted by molar-refractivity contribution is 6.52. The minimum absolute atomic E-state index is 0.206. The molecule has 1 rings (SSSR count). The summed E-state index contributed by atoms with van der Waals surface area (Å²) in [7, 11) is 0.206. The van der Waals surface area contributed by atoms with Gasteiger partial charge in [0.1, 0.15) is 0 Å². The predicted molar refractivity (Wildman–Crippen MR) is 40.0 cm³/mol. The molecule has 0 saturated carbocycles. The van der Waals surface area contributed by atoms with E-state index in [1.54, 1.807) is 0 Å². The van der Waals surface area contributed by atoms with Crippen LogP contribution in [0.25, 0.3) is 0 Å². The molecule has 0 fully saturated rings. The third kappa shape index (κ3) is 1.97. The van der Waals surface area contributed by atoms with Gasteiger partial charge in [-0.2, -0.15) is 0 Å². The molecule has 1 aromatic carbocycles. The van der Waals surface area contributed by atoms with Crippen molar-refractivity contribution >= 4 is 20.9 Å². The van der Waals surface area contributed by atoms with Gasteiger partial charge in [-0.3, -0.25) is 0 Å². The second kappa shape index (κ2) is 3.77. The van der Waals surface area contributed by atoms with Crippen LogP contribution in [0, 0.1) is 0 Å². The lowest BCUT2D eigenvalue weighted by molar-refractivity contribution is 0.566. The summed E-state index contributed by atoms with van der Waals surface area (Å²) in [4.78, 5) is 9.69. The first kappa shape index (κ1) is 6.93. The standard InChI is InChI=1S/C7H5NOSi/c9-6-8-10-7-4-2-1-3-5-7/h1-5H. The Morgan fingerprint density at radius 1 is 1.30 bits per heavy atom. The van der Waals surface area contributed by atoms with E-state index in [0.29, 0.717) is 0 Å². The third-order valence-corrected chi connectivity index (χ3v) is 1.80. The number of nitrogens with zero attached hydrogens (tertiary/aromatic N) is 1. The van der Waals surface area contributed by atoms with Crippen molar-refractivity contribution in [2.24, 2.45) is 4.66 Å². The van der Waals surface area contributed by atoms with E-state index in [0.717, 1.165) is 5.19 Å². The Labute approximate surface area is 61.5 Å². The first-order valence-electron chi connectivity index (χ1n) is 2.81. The summed E-state index contributed by atoms with van der Waals surface area (Å²) in [5.74, 6) is 0. The van der Waals surface area contributed by atoms with Gasteiger partial charge in [0.25, 0.3) is 9.68 Å². The van der Waals surface area contributed by atoms with Crippen molar-refractivity contribution in [2.45, 2.75) is 0 Å². The molecule has 0 unspecified atom stereocenters. The molecule has 0 aliphatic carbocycles. The number of rotatable bonds is 2. The molecular weight excluding hydrogens is 142 g/mol. The second-order valence-electron chi connectivity index (χ2n) is 1.68. The van der Waals surface area contributed by atoms with E-state index >= 15 is 0 Å². The first-order valence-corrected chi connectivity index (χ1v) is 3.76. The van der Waals surface area contributed by atoms with E-state index in [1.807, 2.05) is 30.3 Å². The van der Waals surface area contributed by atoms with Crippen LogP contribution in [0.2, 0.25) is 0 Å². The molecule has 0 heterocycles. The summed E-state index contributed by atoms with van der Waals surface area (Å²) >= 11 is 0. The first-order chi connectivity index (χ1) is 4.93. The zero-order valence-electron chi connectivity index (χ0n) is 5.24. The average molecular weight is 147 g/mol. The lowest BCUT2D eigenvalue weighted by Crippen LogP contribution is -2.09. The van der Waals surface area contributed by atoms with E-state index in [2.05, 4.69) is 4.66 Å². The molecule has 48 valence electrons. The molecule has 0 aliphatic rings. The van der Waals surface area contributed by atoms with Crippen LogP contribution in [0.1, 0.15) is 0 Å². The van der Waals surface area contributed by atoms with Crippen LogP contribution in [0.4, 0.5) is 0 Å².